The first-order valence-corrected chi connectivity index (χ1v) is 9.94. The van der Waals surface area contributed by atoms with E-state index in [0.717, 1.165) is 6.92 Å². The van der Waals surface area contributed by atoms with Crippen molar-refractivity contribution in [3.63, 3.8) is 0 Å². The van der Waals surface area contributed by atoms with E-state index >= 15 is 0 Å². The van der Waals surface area contributed by atoms with Gasteiger partial charge in [0, 0.05) is 27.3 Å². The molecule has 0 saturated heterocycles. The van der Waals surface area contributed by atoms with Gasteiger partial charge in [-0.3, -0.25) is 4.79 Å². The molecule has 4 heteroatoms. The maximum absolute atomic E-state index is 9.00. The Labute approximate surface area is 193 Å². The fraction of sp³-hybridized carbons (Fsp3) is 0.0385. The summed E-state index contributed by atoms with van der Waals surface area (Å²) in [6, 6.07) is 36.3. The Balaban J connectivity index is 0.000000591. The minimum Gasteiger partial charge on any atom is -0.481 e. The van der Waals surface area contributed by atoms with Gasteiger partial charge in [-0.2, -0.15) is 0 Å². The number of rotatable bonds is 3. The van der Waals surface area contributed by atoms with Crippen LogP contribution in [0.1, 0.15) is 6.92 Å². The van der Waals surface area contributed by atoms with Crippen molar-refractivity contribution in [2.75, 3.05) is 0 Å². The van der Waals surface area contributed by atoms with E-state index in [9.17, 15) is 0 Å². The van der Waals surface area contributed by atoms with Crippen molar-refractivity contribution in [3.8, 4) is 33.4 Å². The third kappa shape index (κ3) is 5.97. The van der Waals surface area contributed by atoms with E-state index < -0.39 is 5.97 Å². The van der Waals surface area contributed by atoms with Crippen molar-refractivity contribution in [1.82, 2.24) is 0 Å². The first-order chi connectivity index (χ1) is 14.1. The van der Waals surface area contributed by atoms with Crippen LogP contribution in [0.5, 0.6) is 0 Å². The molecular weight excluding hydrogens is 482 g/mol. The molecule has 0 amide bonds. The maximum Gasteiger partial charge on any atom is 0.300 e. The molecule has 0 aliphatic rings. The Hall–Kier alpha value is -2.56. The number of hydrogen-bond acceptors (Lipinski definition) is 1. The average Bonchev–Trinajstić information content (AvgIpc) is 2.75. The average molecular weight is 505 g/mol. The smallest absolute Gasteiger partial charge is 0.300 e. The monoisotopic (exact) mass is 504 g/mol. The molecule has 4 rings (SSSR count). The molecule has 30 heavy (non-hydrogen) atoms. The standard InChI is InChI=1S/C24H19P.C2H4O2.Pd/c25-22-17-16-21(18-10-4-1-5-11-18)23(19-12-6-2-7-13-19)24(22)20-14-8-3-9-15-20;1-2(3)4;/h1-17H,25H2;1H3,(H,3,4);. The van der Waals surface area contributed by atoms with Gasteiger partial charge < -0.3 is 5.11 Å². The van der Waals surface area contributed by atoms with Crippen LogP contribution >= 0.6 is 9.24 Å². The minimum atomic E-state index is -0.833. The molecule has 2 nitrogen and oxygen atoms in total. The summed E-state index contributed by atoms with van der Waals surface area (Å²) in [6.45, 7) is 1.08. The van der Waals surface area contributed by atoms with Gasteiger partial charge in [-0.1, -0.05) is 103 Å². The molecule has 0 radical (unpaired) electrons. The zero-order valence-corrected chi connectivity index (χ0v) is 19.3. The summed E-state index contributed by atoms with van der Waals surface area (Å²) in [7, 11) is 2.90. The fourth-order valence-electron chi connectivity index (χ4n) is 3.30. The Bertz CT molecular complexity index is 1080. The first-order valence-electron chi connectivity index (χ1n) is 9.36. The van der Waals surface area contributed by atoms with Crippen LogP contribution in [0.25, 0.3) is 33.4 Å². The molecule has 0 aromatic heterocycles. The SMILES string of the molecule is CC(=O)O.Pc1ccc(-c2ccccc2)c(-c2ccccc2)c1-c1ccccc1.[Pd]. The number of aliphatic carboxylic acids is 1. The summed E-state index contributed by atoms with van der Waals surface area (Å²) in [5.41, 5.74) is 7.54. The zero-order valence-electron chi connectivity index (χ0n) is 16.6. The van der Waals surface area contributed by atoms with Gasteiger partial charge in [-0.25, -0.2) is 0 Å². The molecule has 1 atom stereocenters. The van der Waals surface area contributed by atoms with Crippen LogP contribution in [0.2, 0.25) is 0 Å². The molecular formula is C26H23O2PPd. The molecule has 0 aliphatic heterocycles. The van der Waals surface area contributed by atoms with Gasteiger partial charge in [0.15, 0.2) is 0 Å². The maximum atomic E-state index is 9.00. The zero-order chi connectivity index (χ0) is 20.6. The molecule has 4 aromatic rings. The first kappa shape index (κ1) is 23.7. The van der Waals surface area contributed by atoms with E-state index in [-0.39, 0.29) is 20.4 Å². The van der Waals surface area contributed by atoms with Crippen LogP contribution in [-0.2, 0) is 25.2 Å². The van der Waals surface area contributed by atoms with Gasteiger partial charge >= 0.3 is 0 Å². The summed E-state index contributed by atoms with van der Waals surface area (Å²) in [5.74, 6) is -0.833. The normalized spacial score (nSPS) is 9.67. The fourth-order valence-corrected chi connectivity index (χ4v) is 3.70. The third-order valence-corrected chi connectivity index (χ3v) is 4.93. The second-order valence-electron chi connectivity index (χ2n) is 6.57. The van der Waals surface area contributed by atoms with Crippen LogP contribution in [0.15, 0.2) is 103 Å². The summed E-state index contributed by atoms with van der Waals surface area (Å²) in [5, 5.41) is 8.63. The molecule has 1 unspecified atom stereocenters. The van der Waals surface area contributed by atoms with Gasteiger partial charge in [0.1, 0.15) is 0 Å². The van der Waals surface area contributed by atoms with E-state index in [1.54, 1.807) is 0 Å². The number of benzene rings is 4. The van der Waals surface area contributed by atoms with E-state index in [1.807, 2.05) is 0 Å². The Morgan fingerprint density at radius 1 is 0.633 bits per heavy atom. The van der Waals surface area contributed by atoms with Gasteiger partial charge in [0.2, 0.25) is 0 Å². The molecule has 4 aromatic carbocycles. The molecule has 0 saturated carbocycles. The Morgan fingerprint density at radius 2 is 1.00 bits per heavy atom. The quantitative estimate of drug-likeness (QED) is 0.263. The summed E-state index contributed by atoms with van der Waals surface area (Å²) in [4.78, 5) is 9.00. The second kappa shape index (κ2) is 11.6. The van der Waals surface area contributed by atoms with Crippen molar-refractivity contribution >= 4 is 20.5 Å². The topological polar surface area (TPSA) is 37.3 Å². The predicted molar refractivity (Wildman–Crippen MR) is 125 cm³/mol. The van der Waals surface area contributed by atoms with Crippen molar-refractivity contribution in [2.45, 2.75) is 6.92 Å². The molecule has 0 fully saturated rings. The largest absolute Gasteiger partial charge is 0.481 e. The van der Waals surface area contributed by atoms with Crippen LogP contribution in [0, 0.1) is 0 Å². The third-order valence-electron chi connectivity index (χ3n) is 4.45. The van der Waals surface area contributed by atoms with Gasteiger partial charge in [-0.15, -0.1) is 9.24 Å². The van der Waals surface area contributed by atoms with Crippen molar-refractivity contribution < 1.29 is 30.3 Å². The van der Waals surface area contributed by atoms with Crippen LogP contribution in [-0.4, -0.2) is 11.1 Å². The second-order valence-corrected chi connectivity index (χ2v) is 7.19. The van der Waals surface area contributed by atoms with E-state index in [4.69, 9.17) is 9.90 Å². The van der Waals surface area contributed by atoms with Gasteiger partial charge in [0.05, 0.1) is 0 Å². The Morgan fingerprint density at radius 3 is 1.43 bits per heavy atom. The van der Waals surface area contributed by atoms with Gasteiger partial charge in [-0.05, 0) is 38.7 Å². The molecule has 0 spiro atoms. The molecule has 0 aliphatic carbocycles. The van der Waals surface area contributed by atoms with Crippen molar-refractivity contribution in [2.24, 2.45) is 0 Å². The summed E-state index contributed by atoms with van der Waals surface area (Å²) >= 11 is 0. The minimum absolute atomic E-state index is 0. The van der Waals surface area contributed by atoms with Crippen LogP contribution in [0.4, 0.5) is 0 Å². The predicted octanol–water partition coefficient (Wildman–Crippen LogP) is 6.28. The van der Waals surface area contributed by atoms with Crippen molar-refractivity contribution in [1.29, 1.82) is 0 Å². The molecule has 154 valence electrons. The number of carbonyl (C=O) groups is 1. The summed E-state index contributed by atoms with van der Waals surface area (Å²) < 4.78 is 0. The Kier molecular flexibility index (Phi) is 9.16. The van der Waals surface area contributed by atoms with Crippen LogP contribution < -0.4 is 5.30 Å². The van der Waals surface area contributed by atoms with E-state index in [2.05, 4.69) is 112 Å². The molecule has 0 bridgehead atoms. The molecule has 1 N–H and O–H groups in total. The van der Waals surface area contributed by atoms with E-state index in [1.165, 1.54) is 38.7 Å². The van der Waals surface area contributed by atoms with Crippen LogP contribution in [0.3, 0.4) is 0 Å². The van der Waals surface area contributed by atoms with Gasteiger partial charge in [0.25, 0.3) is 5.97 Å². The molecule has 0 heterocycles. The number of carboxylic acid groups (broad SMARTS) is 1. The van der Waals surface area contributed by atoms with Crippen molar-refractivity contribution in [3.05, 3.63) is 103 Å². The van der Waals surface area contributed by atoms with E-state index in [0.29, 0.717) is 0 Å². The summed E-state index contributed by atoms with van der Waals surface area (Å²) in [6.07, 6.45) is 0. The number of hydrogen-bond donors (Lipinski definition) is 1. The number of carboxylic acids is 1.